The number of nitrogens with zero attached hydrogens (tertiary/aromatic N) is 1. The van der Waals surface area contributed by atoms with Crippen molar-refractivity contribution in [3.8, 4) is 0 Å². The lowest BCUT2D eigenvalue weighted by Crippen LogP contribution is -2.13. The largest absolute Gasteiger partial charge is 0.399 e. The first kappa shape index (κ1) is 13.4. The maximum Gasteiger partial charge on any atom is 0.263 e. The summed E-state index contributed by atoms with van der Waals surface area (Å²) in [6, 6.07) is 7.66. The van der Waals surface area contributed by atoms with Gasteiger partial charge in [0.2, 0.25) is 0 Å². The van der Waals surface area contributed by atoms with Crippen LogP contribution >= 0.6 is 0 Å². The molecule has 0 bridgehead atoms. The number of anilines is 2. The van der Waals surface area contributed by atoms with Gasteiger partial charge in [-0.1, -0.05) is 13.8 Å². The molecule has 2 aromatic rings. The number of aromatic nitrogens is 2. The zero-order valence-electron chi connectivity index (χ0n) is 10.7. The molecule has 6 nitrogen and oxygen atoms in total. The van der Waals surface area contributed by atoms with Crippen LogP contribution in [0.15, 0.2) is 35.2 Å². The fraction of sp³-hybridized carbons (Fsp3) is 0.250. The zero-order chi connectivity index (χ0) is 14.0. The summed E-state index contributed by atoms with van der Waals surface area (Å²) in [5.41, 5.74) is 6.91. The molecule has 19 heavy (non-hydrogen) atoms. The fourth-order valence-electron chi connectivity index (χ4n) is 1.53. The van der Waals surface area contributed by atoms with Gasteiger partial charge in [0.05, 0.1) is 4.90 Å². The molecule has 102 valence electrons. The van der Waals surface area contributed by atoms with Crippen molar-refractivity contribution in [2.24, 2.45) is 0 Å². The number of aromatic amines is 1. The molecule has 7 heteroatoms. The second-order valence-corrected chi connectivity index (χ2v) is 6.22. The Morgan fingerprint density at radius 2 is 1.89 bits per heavy atom. The molecule has 0 unspecified atom stereocenters. The van der Waals surface area contributed by atoms with Gasteiger partial charge in [0, 0.05) is 17.4 Å². The van der Waals surface area contributed by atoms with E-state index in [9.17, 15) is 8.42 Å². The number of nitrogens with two attached hydrogens (primary N) is 1. The molecule has 0 amide bonds. The van der Waals surface area contributed by atoms with E-state index in [1.165, 1.54) is 12.1 Å². The van der Waals surface area contributed by atoms with Gasteiger partial charge < -0.3 is 5.73 Å². The number of nitrogen functional groups attached to an aromatic ring is 1. The number of hydrogen-bond donors (Lipinski definition) is 3. The van der Waals surface area contributed by atoms with E-state index in [-0.39, 0.29) is 16.6 Å². The Hall–Kier alpha value is -2.02. The maximum absolute atomic E-state index is 12.1. The van der Waals surface area contributed by atoms with E-state index >= 15 is 0 Å². The molecule has 0 radical (unpaired) electrons. The molecule has 2 rings (SSSR count). The van der Waals surface area contributed by atoms with Crippen molar-refractivity contribution < 1.29 is 8.42 Å². The van der Waals surface area contributed by atoms with Crippen LogP contribution < -0.4 is 10.5 Å². The number of hydrogen-bond acceptors (Lipinski definition) is 4. The lowest BCUT2D eigenvalue weighted by molar-refractivity contribution is 0.601. The van der Waals surface area contributed by atoms with Crippen molar-refractivity contribution >= 4 is 21.5 Å². The first-order valence-corrected chi connectivity index (χ1v) is 7.30. The second kappa shape index (κ2) is 4.93. The molecule has 1 aromatic heterocycles. The highest BCUT2D eigenvalue weighted by Gasteiger charge is 2.16. The average molecular weight is 280 g/mol. The number of nitrogens with one attached hydrogen (secondary N) is 2. The van der Waals surface area contributed by atoms with E-state index in [1.54, 1.807) is 18.2 Å². The Morgan fingerprint density at radius 1 is 1.26 bits per heavy atom. The summed E-state index contributed by atoms with van der Waals surface area (Å²) in [6.45, 7) is 3.98. The topological polar surface area (TPSA) is 101 Å². The summed E-state index contributed by atoms with van der Waals surface area (Å²) >= 11 is 0. The average Bonchev–Trinajstić information content (AvgIpc) is 2.77. The molecule has 1 aromatic carbocycles. The summed E-state index contributed by atoms with van der Waals surface area (Å²) < 4.78 is 26.6. The molecule has 0 aliphatic carbocycles. The maximum atomic E-state index is 12.1. The van der Waals surface area contributed by atoms with E-state index in [4.69, 9.17) is 5.73 Å². The van der Waals surface area contributed by atoms with Crippen molar-refractivity contribution in [2.45, 2.75) is 24.7 Å². The highest BCUT2D eigenvalue weighted by Crippen LogP contribution is 2.19. The molecular formula is C12H16N4O2S. The van der Waals surface area contributed by atoms with Crippen LogP contribution in [0.25, 0.3) is 0 Å². The zero-order valence-corrected chi connectivity index (χ0v) is 11.5. The standard InChI is InChI=1S/C12H16N4O2S/c1-8(2)11-7-12(15-14-11)16-19(17,18)10-5-3-9(13)4-6-10/h3-8H,13H2,1-2H3,(H2,14,15,16). The van der Waals surface area contributed by atoms with Gasteiger partial charge in [0.25, 0.3) is 10.0 Å². The third kappa shape index (κ3) is 3.05. The third-order valence-corrected chi connectivity index (χ3v) is 4.02. The molecule has 0 saturated heterocycles. The molecular weight excluding hydrogens is 264 g/mol. The van der Waals surface area contributed by atoms with Crippen LogP contribution in [0, 0.1) is 0 Å². The van der Waals surface area contributed by atoms with Crippen molar-refractivity contribution in [2.75, 3.05) is 10.5 Å². The lowest BCUT2D eigenvalue weighted by Gasteiger charge is -2.05. The predicted octanol–water partition coefficient (Wildman–Crippen LogP) is 1.92. The van der Waals surface area contributed by atoms with Crippen LogP contribution in [0.4, 0.5) is 11.5 Å². The second-order valence-electron chi connectivity index (χ2n) is 4.54. The molecule has 0 fully saturated rings. The summed E-state index contributed by atoms with van der Waals surface area (Å²) in [4.78, 5) is 0.149. The van der Waals surface area contributed by atoms with Gasteiger partial charge in [-0.2, -0.15) is 5.10 Å². The van der Waals surface area contributed by atoms with Crippen LogP contribution in [0.5, 0.6) is 0 Å². The van der Waals surface area contributed by atoms with Crippen LogP contribution in [0.1, 0.15) is 25.5 Å². The van der Waals surface area contributed by atoms with E-state index < -0.39 is 10.0 Å². The molecule has 0 saturated carbocycles. The van der Waals surface area contributed by atoms with E-state index in [1.807, 2.05) is 13.8 Å². The van der Waals surface area contributed by atoms with Crippen LogP contribution in [0.2, 0.25) is 0 Å². The van der Waals surface area contributed by atoms with Crippen molar-refractivity contribution in [1.82, 2.24) is 10.2 Å². The van der Waals surface area contributed by atoms with Gasteiger partial charge in [0.15, 0.2) is 5.82 Å². The monoisotopic (exact) mass is 280 g/mol. The first-order chi connectivity index (χ1) is 8.88. The van der Waals surface area contributed by atoms with Gasteiger partial charge in [0.1, 0.15) is 0 Å². The van der Waals surface area contributed by atoms with Gasteiger partial charge in [-0.3, -0.25) is 9.82 Å². The summed E-state index contributed by atoms with van der Waals surface area (Å²) in [5.74, 6) is 0.530. The van der Waals surface area contributed by atoms with Crippen LogP contribution in [0.3, 0.4) is 0 Å². The molecule has 0 aliphatic heterocycles. The summed E-state index contributed by atoms with van der Waals surface area (Å²) in [5, 5.41) is 6.72. The Morgan fingerprint density at radius 3 is 2.42 bits per heavy atom. The quantitative estimate of drug-likeness (QED) is 0.745. The van der Waals surface area contributed by atoms with Gasteiger partial charge >= 0.3 is 0 Å². The van der Waals surface area contributed by atoms with E-state index in [0.29, 0.717) is 5.69 Å². The summed E-state index contributed by atoms with van der Waals surface area (Å²) in [6.07, 6.45) is 0. The Bertz CT molecular complexity index is 659. The minimum atomic E-state index is -3.63. The Kier molecular flexibility index (Phi) is 3.48. The number of sulfonamides is 1. The van der Waals surface area contributed by atoms with Crippen LogP contribution in [-0.4, -0.2) is 18.6 Å². The van der Waals surface area contributed by atoms with E-state index in [0.717, 1.165) is 5.69 Å². The van der Waals surface area contributed by atoms with Crippen molar-refractivity contribution in [3.63, 3.8) is 0 Å². The minimum absolute atomic E-state index is 0.149. The molecule has 1 heterocycles. The lowest BCUT2D eigenvalue weighted by atomic mass is 10.1. The van der Waals surface area contributed by atoms with Crippen LogP contribution in [-0.2, 0) is 10.0 Å². The highest BCUT2D eigenvalue weighted by atomic mass is 32.2. The highest BCUT2D eigenvalue weighted by molar-refractivity contribution is 7.92. The smallest absolute Gasteiger partial charge is 0.263 e. The predicted molar refractivity (Wildman–Crippen MR) is 74.3 cm³/mol. The molecule has 0 atom stereocenters. The van der Waals surface area contributed by atoms with Gasteiger partial charge in [-0.25, -0.2) is 8.42 Å². The minimum Gasteiger partial charge on any atom is -0.399 e. The number of benzene rings is 1. The number of rotatable bonds is 4. The first-order valence-electron chi connectivity index (χ1n) is 5.82. The summed E-state index contributed by atoms with van der Waals surface area (Å²) in [7, 11) is -3.63. The van der Waals surface area contributed by atoms with Crippen molar-refractivity contribution in [1.29, 1.82) is 0 Å². The van der Waals surface area contributed by atoms with Crippen molar-refractivity contribution in [3.05, 3.63) is 36.0 Å². The normalized spacial score (nSPS) is 11.7. The molecule has 0 spiro atoms. The molecule has 4 N–H and O–H groups in total. The van der Waals surface area contributed by atoms with E-state index in [2.05, 4.69) is 14.9 Å². The van der Waals surface area contributed by atoms with Gasteiger partial charge in [-0.15, -0.1) is 0 Å². The third-order valence-electron chi connectivity index (χ3n) is 2.65. The molecule has 0 aliphatic rings. The Balaban J connectivity index is 2.23. The Labute approximate surface area is 112 Å². The van der Waals surface area contributed by atoms with Gasteiger partial charge in [-0.05, 0) is 30.2 Å². The number of H-pyrrole nitrogens is 1. The fourth-order valence-corrected chi connectivity index (χ4v) is 2.52. The SMILES string of the molecule is CC(C)c1cc(NS(=O)(=O)c2ccc(N)cc2)n[nH]1.